The van der Waals surface area contributed by atoms with Crippen molar-refractivity contribution < 1.29 is 14.6 Å². The molecule has 6 nitrogen and oxygen atoms in total. The highest BCUT2D eigenvalue weighted by molar-refractivity contribution is 6.30. The van der Waals surface area contributed by atoms with Crippen LogP contribution in [0.1, 0.15) is 33.2 Å². The van der Waals surface area contributed by atoms with Crippen LogP contribution < -0.4 is 10.1 Å². The Bertz CT molecular complexity index is 1250. The lowest BCUT2D eigenvalue weighted by Gasteiger charge is -2.18. The fraction of sp³-hybridized carbons (Fsp3) is 0.120. The molecule has 4 rings (SSSR count). The van der Waals surface area contributed by atoms with Gasteiger partial charge in [-0.2, -0.15) is 5.10 Å². The fourth-order valence-corrected chi connectivity index (χ4v) is 3.65. The lowest BCUT2D eigenvalue weighted by Crippen LogP contribution is -2.31. The molecule has 3 aromatic carbocycles. The van der Waals surface area contributed by atoms with Crippen molar-refractivity contribution >= 4 is 40.6 Å². The number of rotatable bonds is 7. The second kappa shape index (κ2) is 9.68. The van der Waals surface area contributed by atoms with Crippen molar-refractivity contribution in [3.05, 3.63) is 94.1 Å². The molecule has 0 saturated carbocycles. The predicted octanol–water partition coefficient (Wildman–Crippen LogP) is 4.86. The van der Waals surface area contributed by atoms with Gasteiger partial charge in [0.15, 0.2) is 0 Å². The number of hydrogen-bond acceptors (Lipinski definition) is 4. The minimum absolute atomic E-state index is 0.221. The molecule has 0 fully saturated rings. The maximum atomic E-state index is 13.1. The third-order valence-corrected chi connectivity index (χ3v) is 5.40. The molecule has 0 aliphatic rings. The van der Waals surface area contributed by atoms with Crippen LogP contribution in [0, 0.1) is 0 Å². The molecule has 32 heavy (non-hydrogen) atoms. The highest BCUT2D eigenvalue weighted by atomic mass is 35.5. The van der Waals surface area contributed by atoms with Gasteiger partial charge in [-0.15, -0.1) is 0 Å². The van der Waals surface area contributed by atoms with Crippen LogP contribution in [-0.4, -0.2) is 34.9 Å². The summed E-state index contributed by atoms with van der Waals surface area (Å²) in [4.78, 5) is 13.1. The second-order valence-electron chi connectivity index (χ2n) is 7.18. The second-order valence-corrected chi connectivity index (χ2v) is 7.62. The molecule has 7 heteroatoms. The Labute approximate surface area is 190 Å². The van der Waals surface area contributed by atoms with E-state index >= 15 is 0 Å². The number of fused-ring (bicyclic) bond motifs is 1. The van der Waals surface area contributed by atoms with E-state index in [4.69, 9.17) is 16.3 Å². The quantitative estimate of drug-likeness (QED) is 0.377. The van der Waals surface area contributed by atoms with Gasteiger partial charge in [-0.3, -0.25) is 9.89 Å². The summed E-state index contributed by atoms with van der Waals surface area (Å²) >= 11 is 5.95. The van der Waals surface area contributed by atoms with E-state index in [2.05, 4.69) is 15.5 Å². The molecule has 1 heterocycles. The molecule has 0 aliphatic carbocycles. The Hall–Kier alpha value is -3.61. The average molecular weight is 448 g/mol. The number of aliphatic hydroxyl groups is 1. The highest BCUT2D eigenvalue weighted by Crippen LogP contribution is 2.32. The number of nitrogens with zero attached hydrogens (tertiary/aromatic N) is 1. The van der Waals surface area contributed by atoms with Crippen LogP contribution in [0.5, 0.6) is 5.75 Å². The number of benzene rings is 3. The number of hydrogen-bond donors (Lipinski definition) is 3. The monoisotopic (exact) mass is 447 g/mol. The molecule has 0 spiro atoms. The maximum absolute atomic E-state index is 13.1. The van der Waals surface area contributed by atoms with Crippen molar-refractivity contribution in [3.8, 4) is 5.75 Å². The van der Waals surface area contributed by atoms with E-state index < -0.39 is 6.04 Å². The van der Waals surface area contributed by atoms with Crippen molar-refractivity contribution in [1.29, 1.82) is 0 Å². The number of aromatic amines is 1. The molecule has 1 amide bonds. The summed E-state index contributed by atoms with van der Waals surface area (Å²) in [6.45, 7) is -0.221. The van der Waals surface area contributed by atoms with Gasteiger partial charge in [0.25, 0.3) is 5.91 Å². The zero-order valence-corrected chi connectivity index (χ0v) is 18.1. The van der Waals surface area contributed by atoms with Crippen LogP contribution in [0.4, 0.5) is 0 Å². The summed E-state index contributed by atoms with van der Waals surface area (Å²) in [5, 5.41) is 21.4. The van der Waals surface area contributed by atoms with Crippen molar-refractivity contribution in [1.82, 2.24) is 15.5 Å². The van der Waals surface area contributed by atoms with Gasteiger partial charge < -0.3 is 15.2 Å². The highest BCUT2D eigenvalue weighted by Gasteiger charge is 2.21. The van der Waals surface area contributed by atoms with Gasteiger partial charge in [0.05, 0.1) is 41.9 Å². The molecule has 0 saturated heterocycles. The van der Waals surface area contributed by atoms with Crippen molar-refractivity contribution in [3.63, 3.8) is 0 Å². The first-order valence-electron chi connectivity index (χ1n) is 10.1. The van der Waals surface area contributed by atoms with Crippen molar-refractivity contribution in [2.24, 2.45) is 0 Å². The van der Waals surface area contributed by atoms with Crippen LogP contribution in [0.25, 0.3) is 23.1 Å². The topological polar surface area (TPSA) is 87.2 Å². The number of halogens is 1. The zero-order valence-electron chi connectivity index (χ0n) is 17.4. The molecular formula is C25H22ClN3O3. The first kappa shape index (κ1) is 21.6. The van der Waals surface area contributed by atoms with E-state index in [1.165, 1.54) is 7.11 Å². The summed E-state index contributed by atoms with van der Waals surface area (Å²) < 4.78 is 5.63. The largest absolute Gasteiger partial charge is 0.495 e. The van der Waals surface area contributed by atoms with Gasteiger partial charge in [0, 0.05) is 5.02 Å². The minimum atomic E-state index is -0.530. The van der Waals surface area contributed by atoms with Gasteiger partial charge in [-0.25, -0.2) is 0 Å². The van der Waals surface area contributed by atoms with Crippen LogP contribution in [0.15, 0.2) is 66.7 Å². The molecule has 3 N–H and O–H groups in total. The maximum Gasteiger partial charge on any atom is 0.255 e. The van der Waals surface area contributed by atoms with E-state index in [1.54, 1.807) is 12.1 Å². The molecular weight excluding hydrogens is 426 g/mol. The summed E-state index contributed by atoms with van der Waals surface area (Å²) in [6.07, 6.45) is 3.80. The molecule has 0 aliphatic heterocycles. The number of carbonyl (C=O) groups is 1. The first-order chi connectivity index (χ1) is 15.6. The Kier molecular flexibility index (Phi) is 6.54. The summed E-state index contributed by atoms with van der Waals surface area (Å²) in [7, 11) is 1.52. The standard InChI is InChI=1S/C25H22ClN3O3/c1-32-24-19(25(31)27-22(15-30)17-5-3-2-4-6-17)12-14-21-23(24)20(28-29-21)13-9-16-7-10-18(26)11-8-16/h2-14,22,30H,15H2,1H3,(H,27,31)(H,28,29)/t22-/m1/s1. The van der Waals surface area contributed by atoms with Gasteiger partial charge in [-0.05, 0) is 41.5 Å². The molecule has 162 valence electrons. The third kappa shape index (κ3) is 4.51. The number of nitrogens with one attached hydrogen (secondary N) is 2. The number of amides is 1. The molecule has 0 radical (unpaired) electrons. The molecule has 1 aromatic heterocycles. The number of H-pyrrole nitrogens is 1. The van der Waals surface area contributed by atoms with Crippen molar-refractivity contribution in [2.75, 3.05) is 13.7 Å². The molecule has 1 atom stereocenters. The van der Waals surface area contributed by atoms with Gasteiger partial charge in [-0.1, -0.05) is 60.1 Å². The fourth-order valence-electron chi connectivity index (χ4n) is 3.52. The number of aliphatic hydroxyl groups excluding tert-OH is 1. The average Bonchev–Trinajstić information content (AvgIpc) is 3.25. The SMILES string of the molecule is COc1c(C(=O)N[C@H](CO)c2ccccc2)ccc2n[nH]c(C=Cc3ccc(Cl)cc3)c12. The molecule has 4 aromatic rings. The minimum Gasteiger partial charge on any atom is -0.495 e. The van der Waals surface area contributed by atoms with Crippen molar-refractivity contribution in [2.45, 2.75) is 6.04 Å². The van der Waals surface area contributed by atoms with Crippen LogP contribution >= 0.6 is 11.6 Å². The van der Waals surface area contributed by atoms with Gasteiger partial charge >= 0.3 is 0 Å². The zero-order chi connectivity index (χ0) is 22.5. The van der Waals surface area contributed by atoms with E-state index in [0.717, 1.165) is 11.1 Å². The van der Waals surface area contributed by atoms with Gasteiger partial charge in [0.2, 0.25) is 0 Å². The van der Waals surface area contributed by atoms with E-state index in [0.29, 0.717) is 32.9 Å². The van der Waals surface area contributed by atoms with E-state index in [1.807, 2.05) is 66.7 Å². The predicted molar refractivity (Wildman–Crippen MR) is 127 cm³/mol. The number of aromatic nitrogens is 2. The number of carbonyl (C=O) groups excluding carboxylic acids is 1. The Morgan fingerprint density at radius 3 is 2.56 bits per heavy atom. The Morgan fingerprint density at radius 2 is 1.88 bits per heavy atom. The number of methoxy groups -OCH3 is 1. The van der Waals surface area contributed by atoms with Crippen LogP contribution in [0.3, 0.4) is 0 Å². The lowest BCUT2D eigenvalue weighted by molar-refractivity contribution is 0.0913. The summed E-state index contributed by atoms with van der Waals surface area (Å²) in [5.74, 6) is 0.0646. The smallest absolute Gasteiger partial charge is 0.255 e. The molecule has 0 unspecified atom stereocenters. The summed E-state index contributed by atoms with van der Waals surface area (Å²) in [6, 6.07) is 19.7. The summed E-state index contributed by atoms with van der Waals surface area (Å²) in [5.41, 5.74) is 3.54. The van der Waals surface area contributed by atoms with Gasteiger partial charge in [0.1, 0.15) is 5.75 Å². The van der Waals surface area contributed by atoms with E-state index in [9.17, 15) is 9.90 Å². The first-order valence-corrected chi connectivity index (χ1v) is 10.4. The normalized spacial score (nSPS) is 12.2. The number of ether oxygens (including phenoxy) is 1. The van der Waals surface area contributed by atoms with Crippen LogP contribution in [-0.2, 0) is 0 Å². The molecule has 0 bridgehead atoms. The van der Waals surface area contributed by atoms with E-state index in [-0.39, 0.29) is 12.5 Å². The Balaban J connectivity index is 1.67. The Morgan fingerprint density at radius 1 is 1.12 bits per heavy atom. The van der Waals surface area contributed by atoms with Crippen LogP contribution in [0.2, 0.25) is 5.02 Å². The lowest BCUT2D eigenvalue weighted by atomic mass is 10.0. The third-order valence-electron chi connectivity index (χ3n) is 5.15.